The first-order valence-electron chi connectivity index (χ1n) is 8.45. The van der Waals surface area contributed by atoms with Gasteiger partial charge in [0.1, 0.15) is 16.9 Å². The van der Waals surface area contributed by atoms with Crippen molar-refractivity contribution in [3.05, 3.63) is 39.5 Å². The summed E-state index contributed by atoms with van der Waals surface area (Å²) in [6, 6.07) is 7.42. The van der Waals surface area contributed by atoms with Gasteiger partial charge in [0.2, 0.25) is 0 Å². The van der Waals surface area contributed by atoms with Gasteiger partial charge in [-0.05, 0) is 13.0 Å². The number of aliphatic carboxylic acids is 1. The van der Waals surface area contributed by atoms with E-state index in [9.17, 15) is 22.8 Å². The highest BCUT2D eigenvalue weighted by Crippen LogP contribution is 2.38. The van der Waals surface area contributed by atoms with Gasteiger partial charge in [0.25, 0.3) is 11.5 Å². The molecule has 3 aromatic rings. The van der Waals surface area contributed by atoms with E-state index in [-0.39, 0.29) is 22.8 Å². The molecule has 1 aromatic carbocycles. The molecule has 4 N–H and O–H groups in total. The van der Waals surface area contributed by atoms with Gasteiger partial charge in [0.15, 0.2) is 5.75 Å². The van der Waals surface area contributed by atoms with E-state index < -0.39 is 18.1 Å². The van der Waals surface area contributed by atoms with E-state index in [4.69, 9.17) is 25.1 Å². The summed E-state index contributed by atoms with van der Waals surface area (Å²) >= 11 is 1.18. The third-order valence-electron chi connectivity index (χ3n) is 3.66. The van der Waals surface area contributed by atoms with Crippen LogP contribution in [-0.4, -0.2) is 48.0 Å². The van der Waals surface area contributed by atoms with Crippen LogP contribution in [0.5, 0.6) is 5.75 Å². The Hall–Kier alpha value is -3.12. The van der Waals surface area contributed by atoms with Gasteiger partial charge in [-0.25, -0.2) is 4.79 Å². The molecule has 30 heavy (non-hydrogen) atoms. The van der Waals surface area contributed by atoms with E-state index in [0.29, 0.717) is 28.8 Å². The van der Waals surface area contributed by atoms with Crippen LogP contribution in [0.2, 0.25) is 0 Å². The molecule has 2 heterocycles. The second-order valence-electron chi connectivity index (χ2n) is 5.68. The molecule has 1 amide bonds. The first-order valence-corrected chi connectivity index (χ1v) is 9.27. The number of carboxylic acid groups (broad SMARTS) is 1. The van der Waals surface area contributed by atoms with E-state index in [1.807, 2.05) is 31.2 Å². The molecule has 0 aliphatic carbocycles. The van der Waals surface area contributed by atoms with Crippen LogP contribution in [0.3, 0.4) is 0 Å². The van der Waals surface area contributed by atoms with Gasteiger partial charge in [0.05, 0.1) is 11.3 Å². The second kappa shape index (κ2) is 9.59. The fourth-order valence-electron chi connectivity index (χ4n) is 2.43. The summed E-state index contributed by atoms with van der Waals surface area (Å²) in [5.41, 5.74) is 5.86. The summed E-state index contributed by atoms with van der Waals surface area (Å²) in [4.78, 5) is 36.1. The number of halogens is 3. The van der Waals surface area contributed by atoms with Crippen molar-refractivity contribution in [3.63, 3.8) is 0 Å². The molecule has 3 rings (SSSR count). The van der Waals surface area contributed by atoms with Crippen LogP contribution in [0.4, 0.5) is 13.2 Å². The maximum Gasteiger partial charge on any atom is 0.490 e. The third kappa shape index (κ3) is 5.27. The predicted molar refractivity (Wildman–Crippen MR) is 104 cm³/mol. The number of hydrogen-bond acceptors (Lipinski definition) is 6. The SMILES string of the molecule is CCOCCOc1c(C(N)=O)sc2c1c(=O)[nH]c1ccccc12.O=C(O)C(F)(F)F. The quantitative estimate of drug-likeness (QED) is 0.499. The minimum absolute atomic E-state index is 0.240. The van der Waals surface area contributed by atoms with Crippen molar-refractivity contribution in [2.75, 3.05) is 19.8 Å². The molecule has 8 nitrogen and oxygen atoms in total. The monoisotopic (exact) mass is 446 g/mol. The maximum absolute atomic E-state index is 12.4. The highest BCUT2D eigenvalue weighted by Gasteiger charge is 2.38. The molecule has 0 radical (unpaired) electrons. The van der Waals surface area contributed by atoms with Gasteiger partial charge in [0, 0.05) is 17.5 Å². The maximum atomic E-state index is 12.4. The molecule has 162 valence electrons. The molecular weight excluding hydrogens is 429 g/mol. The fraction of sp³-hybridized carbons (Fsp3) is 0.278. The van der Waals surface area contributed by atoms with Crippen LogP contribution in [0.25, 0.3) is 21.0 Å². The number of alkyl halides is 3. The number of carbonyl (C=O) groups is 2. The lowest BCUT2D eigenvalue weighted by Gasteiger charge is -2.06. The Bertz CT molecular complexity index is 1120. The molecule has 0 fully saturated rings. The number of primary amides is 1. The molecule has 0 bridgehead atoms. The molecule has 0 atom stereocenters. The Kier molecular flexibility index (Phi) is 7.40. The number of carbonyl (C=O) groups excluding carboxylic acids is 1. The first kappa shape index (κ1) is 23.2. The average Bonchev–Trinajstić information content (AvgIpc) is 3.06. The number of aromatic amines is 1. The number of carboxylic acids is 1. The number of nitrogens with one attached hydrogen (secondary N) is 1. The molecule has 0 saturated heterocycles. The van der Waals surface area contributed by atoms with Crippen molar-refractivity contribution in [1.82, 2.24) is 4.98 Å². The number of H-pyrrole nitrogens is 1. The van der Waals surface area contributed by atoms with E-state index in [2.05, 4.69) is 4.98 Å². The predicted octanol–water partition coefficient (Wildman–Crippen LogP) is 2.89. The molecule has 0 spiro atoms. The van der Waals surface area contributed by atoms with Crippen molar-refractivity contribution in [2.45, 2.75) is 13.1 Å². The van der Waals surface area contributed by atoms with Crippen LogP contribution >= 0.6 is 11.3 Å². The average molecular weight is 446 g/mol. The number of thiophene rings is 1. The van der Waals surface area contributed by atoms with Gasteiger partial charge in [-0.3, -0.25) is 9.59 Å². The molecule has 0 unspecified atom stereocenters. The number of pyridine rings is 1. The topological polar surface area (TPSA) is 132 Å². The number of rotatable bonds is 6. The summed E-state index contributed by atoms with van der Waals surface area (Å²) in [6.07, 6.45) is -5.08. The van der Waals surface area contributed by atoms with Crippen LogP contribution in [-0.2, 0) is 9.53 Å². The number of hydrogen-bond donors (Lipinski definition) is 3. The van der Waals surface area contributed by atoms with Crippen LogP contribution in [0.15, 0.2) is 29.1 Å². The van der Waals surface area contributed by atoms with E-state index in [0.717, 1.165) is 5.39 Å². The van der Waals surface area contributed by atoms with E-state index in [1.54, 1.807) is 0 Å². The Labute approximate surface area is 171 Å². The lowest BCUT2D eigenvalue weighted by molar-refractivity contribution is -0.192. The summed E-state index contributed by atoms with van der Waals surface area (Å²) in [5, 5.41) is 8.34. The number of amides is 1. The molecular formula is C18H17F3N2O6S. The third-order valence-corrected chi connectivity index (χ3v) is 4.87. The van der Waals surface area contributed by atoms with Crippen molar-refractivity contribution < 1.29 is 37.3 Å². The molecule has 12 heteroatoms. The standard InChI is InChI=1S/C16H16N2O4S.C2HF3O2/c1-2-21-7-8-22-12-11-13(23-14(12)15(17)19)9-5-3-4-6-10(9)18-16(11)20;3-2(4,5)1(6)7/h3-6H,2,7-8H2,1H3,(H2,17,19)(H,18,20);(H,6,7). The first-order chi connectivity index (χ1) is 14.1. The minimum atomic E-state index is -5.08. The normalized spacial score (nSPS) is 11.2. The summed E-state index contributed by atoms with van der Waals surface area (Å²) in [6.45, 7) is 3.07. The van der Waals surface area contributed by atoms with Gasteiger partial charge in [-0.1, -0.05) is 18.2 Å². The highest BCUT2D eigenvalue weighted by molar-refractivity contribution is 7.22. The van der Waals surface area contributed by atoms with Crippen LogP contribution in [0, 0.1) is 0 Å². The van der Waals surface area contributed by atoms with Crippen LogP contribution < -0.4 is 16.0 Å². The van der Waals surface area contributed by atoms with Gasteiger partial charge in [-0.15, -0.1) is 11.3 Å². The summed E-state index contributed by atoms with van der Waals surface area (Å²) < 4.78 is 43.3. The van der Waals surface area contributed by atoms with Crippen molar-refractivity contribution in [1.29, 1.82) is 0 Å². The van der Waals surface area contributed by atoms with Crippen molar-refractivity contribution in [2.24, 2.45) is 5.73 Å². The Morgan fingerprint density at radius 1 is 1.23 bits per heavy atom. The minimum Gasteiger partial charge on any atom is -0.489 e. The molecule has 2 aromatic heterocycles. The van der Waals surface area contributed by atoms with Gasteiger partial charge >= 0.3 is 12.1 Å². The number of fused-ring (bicyclic) bond motifs is 3. The Morgan fingerprint density at radius 3 is 2.43 bits per heavy atom. The number of nitrogens with two attached hydrogens (primary N) is 1. The smallest absolute Gasteiger partial charge is 0.489 e. The zero-order valence-electron chi connectivity index (χ0n) is 15.5. The highest BCUT2D eigenvalue weighted by atomic mass is 32.1. The van der Waals surface area contributed by atoms with Crippen molar-refractivity contribution in [3.8, 4) is 5.75 Å². The zero-order valence-corrected chi connectivity index (χ0v) is 16.4. The largest absolute Gasteiger partial charge is 0.490 e. The summed E-state index contributed by atoms with van der Waals surface area (Å²) in [7, 11) is 0. The summed E-state index contributed by atoms with van der Waals surface area (Å²) in [5.74, 6) is -3.13. The van der Waals surface area contributed by atoms with E-state index in [1.165, 1.54) is 11.3 Å². The van der Waals surface area contributed by atoms with Gasteiger partial charge in [-0.2, -0.15) is 13.2 Å². The van der Waals surface area contributed by atoms with Crippen molar-refractivity contribution >= 4 is 44.2 Å². The number of para-hydroxylation sites is 1. The number of aromatic nitrogens is 1. The molecule has 0 aliphatic heterocycles. The Morgan fingerprint density at radius 2 is 1.87 bits per heavy atom. The second-order valence-corrected chi connectivity index (χ2v) is 6.70. The number of ether oxygens (including phenoxy) is 2. The lowest BCUT2D eigenvalue weighted by Crippen LogP contribution is -2.21. The lowest BCUT2D eigenvalue weighted by atomic mass is 10.1. The Balaban J connectivity index is 0.000000396. The fourth-order valence-corrected chi connectivity index (χ4v) is 3.57. The number of benzene rings is 1. The zero-order chi connectivity index (χ0) is 22.5. The molecule has 0 saturated carbocycles. The van der Waals surface area contributed by atoms with Crippen LogP contribution in [0.1, 0.15) is 16.6 Å². The van der Waals surface area contributed by atoms with E-state index >= 15 is 0 Å². The molecule has 0 aliphatic rings. The van der Waals surface area contributed by atoms with Gasteiger partial charge < -0.3 is 25.3 Å².